The van der Waals surface area contributed by atoms with E-state index >= 15 is 0 Å². The minimum absolute atomic E-state index is 0. The van der Waals surface area contributed by atoms with E-state index < -0.39 is 0 Å². The smallest absolute Gasteiger partial charge is 0.148 e. The molecule has 0 spiro atoms. The number of nitrogens with two attached hydrogens (primary N) is 1. The summed E-state index contributed by atoms with van der Waals surface area (Å²) in [5.41, 5.74) is 7.87. The molecule has 0 heterocycles. The average Bonchev–Trinajstić information content (AvgIpc) is 2.48. The molecule has 0 saturated carbocycles. The van der Waals surface area contributed by atoms with E-state index in [2.05, 4.69) is 31.9 Å². The number of aliphatic hydroxyl groups excluding tert-OH is 1. The SMILES string of the molecule is Cl.NC(CCO)c1cc(Br)c(OCc2ccccc2Cl)c(Br)c1. The monoisotopic (exact) mass is 483 g/mol. The number of hydrogen-bond acceptors (Lipinski definition) is 3. The molecule has 126 valence electrons. The van der Waals surface area contributed by atoms with Crippen LogP contribution < -0.4 is 10.5 Å². The lowest BCUT2D eigenvalue weighted by molar-refractivity contribution is 0.276. The van der Waals surface area contributed by atoms with E-state index in [1.165, 1.54) is 0 Å². The molecular weight excluding hydrogens is 469 g/mol. The Labute approximate surface area is 163 Å². The van der Waals surface area contributed by atoms with E-state index in [4.69, 9.17) is 27.2 Å². The summed E-state index contributed by atoms with van der Waals surface area (Å²) < 4.78 is 7.47. The van der Waals surface area contributed by atoms with Crippen LogP contribution in [0.3, 0.4) is 0 Å². The first-order valence-corrected chi connectivity index (χ1v) is 8.71. The highest BCUT2D eigenvalue weighted by Crippen LogP contribution is 2.37. The summed E-state index contributed by atoms with van der Waals surface area (Å²) in [6, 6.07) is 11.2. The molecule has 0 aliphatic carbocycles. The number of halogens is 4. The van der Waals surface area contributed by atoms with Crippen LogP contribution in [0.5, 0.6) is 5.75 Å². The van der Waals surface area contributed by atoms with Crippen LogP contribution >= 0.6 is 55.9 Å². The molecule has 0 radical (unpaired) electrons. The van der Waals surface area contributed by atoms with Crippen molar-refractivity contribution in [1.29, 1.82) is 0 Å². The Morgan fingerprint density at radius 2 is 1.78 bits per heavy atom. The van der Waals surface area contributed by atoms with Crippen molar-refractivity contribution < 1.29 is 9.84 Å². The lowest BCUT2D eigenvalue weighted by Crippen LogP contribution is -2.12. The van der Waals surface area contributed by atoms with Crippen LogP contribution in [0.15, 0.2) is 45.3 Å². The summed E-state index contributed by atoms with van der Waals surface area (Å²) in [7, 11) is 0. The number of rotatable bonds is 6. The maximum atomic E-state index is 8.99. The van der Waals surface area contributed by atoms with Gasteiger partial charge < -0.3 is 15.6 Å². The van der Waals surface area contributed by atoms with Crippen molar-refractivity contribution in [3.8, 4) is 5.75 Å². The van der Waals surface area contributed by atoms with Gasteiger partial charge in [-0.15, -0.1) is 12.4 Å². The first-order chi connectivity index (χ1) is 10.5. The van der Waals surface area contributed by atoms with Crippen LogP contribution in [0.1, 0.15) is 23.6 Å². The third kappa shape index (κ3) is 5.62. The molecule has 3 N–H and O–H groups in total. The van der Waals surface area contributed by atoms with Gasteiger partial charge in [0.15, 0.2) is 0 Å². The zero-order valence-electron chi connectivity index (χ0n) is 12.1. The second-order valence-electron chi connectivity index (χ2n) is 4.81. The molecule has 0 aromatic heterocycles. The van der Waals surface area contributed by atoms with Crippen molar-refractivity contribution in [1.82, 2.24) is 0 Å². The van der Waals surface area contributed by atoms with Crippen LogP contribution in [-0.2, 0) is 6.61 Å². The molecule has 0 aliphatic rings. The Hall–Kier alpha value is -0.300. The van der Waals surface area contributed by atoms with Gasteiger partial charge in [0.25, 0.3) is 0 Å². The molecule has 2 aromatic carbocycles. The molecule has 0 aliphatic heterocycles. The average molecular weight is 486 g/mol. The van der Waals surface area contributed by atoms with Gasteiger partial charge in [0.1, 0.15) is 12.4 Å². The largest absolute Gasteiger partial charge is 0.486 e. The van der Waals surface area contributed by atoms with E-state index in [1.54, 1.807) is 0 Å². The van der Waals surface area contributed by atoms with Crippen LogP contribution in [0.2, 0.25) is 5.02 Å². The van der Waals surface area contributed by atoms with Gasteiger partial charge in [-0.25, -0.2) is 0 Å². The van der Waals surface area contributed by atoms with Gasteiger partial charge in [0, 0.05) is 23.2 Å². The summed E-state index contributed by atoms with van der Waals surface area (Å²) in [5, 5.41) is 9.66. The molecule has 0 fully saturated rings. The summed E-state index contributed by atoms with van der Waals surface area (Å²) in [6.07, 6.45) is 0.513. The number of hydrogen-bond donors (Lipinski definition) is 2. The number of aliphatic hydroxyl groups is 1. The summed E-state index contributed by atoms with van der Waals surface area (Å²) in [5.74, 6) is 0.694. The first-order valence-electron chi connectivity index (χ1n) is 6.74. The standard InChI is InChI=1S/C16H16Br2ClNO2.ClH/c17-12-7-11(15(20)5-6-21)8-13(18)16(12)22-9-10-3-1-2-4-14(10)19;/h1-4,7-8,15,21H,5-6,9,20H2;1H. The third-order valence-corrected chi connectivity index (χ3v) is 4.77. The fourth-order valence-electron chi connectivity index (χ4n) is 2.00. The number of ether oxygens (including phenoxy) is 1. The molecule has 3 nitrogen and oxygen atoms in total. The molecule has 7 heteroatoms. The fourth-order valence-corrected chi connectivity index (χ4v) is 3.64. The Morgan fingerprint density at radius 3 is 2.35 bits per heavy atom. The van der Waals surface area contributed by atoms with Crippen molar-refractivity contribution in [2.24, 2.45) is 5.73 Å². The molecule has 0 amide bonds. The van der Waals surface area contributed by atoms with E-state index in [1.807, 2.05) is 36.4 Å². The Kier molecular flexibility index (Phi) is 8.90. The molecular formula is C16H17Br2Cl2NO2. The van der Waals surface area contributed by atoms with Gasteiger partial charge in [0.2, 0.25) is 0 Å². The minimum atomic E-state index is -0.213. The quantitative estimate of drug-likeness (QED) is 0.587. The molecule has 0 bridgehead atoms. The zero-order valence-corrected chi connectivity index (χ0v) is 16.9. The Morgan fingerprint density at radius 1 is 1.17 bits per heavy atom. The maximum absolute atomic E-state index is 8.99. The lowest BCUT2D eigenvalue weighted by atomic mass is 10.1. The predicted octanol–water partition coefficient (Wildman–Crippen LogP) is 5.25. The van der Waals surface area contributed by atoms with Crippen molar-refractivity contribution in [3.05, 3.63) is 61.5 Å². The van der Waals surface area contributed by atoms with Crippen molar-refractivity contribution in [3.63, 3.8) is 0 Å². The van der Waals surface area contributed by atoms with Gasteiger partial charge in [0.05, 0.1) is 8.95 Å². The van der Waals surface area contributed by atoms with Crippen LogP contribution in [0.25, 0.3) is 0 Å². The zero-order chi connectivity index (χ0) is 16.1. The Bertz CT molecular complexity index is 633. The second kappa shape index (κ2) is 9.87. The minimum Gasteiger partial charge on any atom is -0.486 e. The summed E-state index contributed by atoms with van der Waals surface area (Å²) >= 11 is 13.1. The van der Waals surface area contributed by atoms with E-state index in [0.29, 0.717) is 23.8 Å². The highest BCUT2D eigenvalue weighted by atomic mass is 79.9. The molecule has 1 atom stereocenters. The lowest BCUT2D eigenvalue weighted by Gasteiger charge is -2.16. The fraction of sp³-hybridized carbons (Fsp3) is 0.250. The molecule has 1 unspecified atom stereocenters. The highest BCUT2D eigenvalue weighted by molar-refractivity contribution is 9.11. The van der Waals surface area contributed by atoms with Crippen LogP contribution in [0, 0.1) is 0 Å². The van der Waals surface area contributed by atoms with Crippen molar-refractivity contribution in [2.75, 3.05) is 6.61 Å². The molecule has 2 rings (SSSR count). The predicted molar refractivity (Wildman–Crippen MR) is 104 cm³/mol. The number of benzene rings is 2. The summed E-state index contributed by atoms with van der Waals surface area (Å²) in [6.45, 7) is 0.431. The van der Waals surface area contributed by atoms with Gasteiger partial charge >= 0.3 is 0 Å². The Balaban J connectivity index is 0.00000264. The molecule has 23 heavy (non-hydrogen) atoms. The van der Waals surface area contributed by atoms with E-state index in [0.717, 1.165) is 20.1 Å². The summed E-state index contributed by atoms with van der Waals surface area (Å²) in [4.78, 5) is 0. The maximum Gasteiger partial charge on any atom is 0.148 e. The van der Waals surface area contributed by atoms with Crippen LogP contribution in [0.4, 0.5) is 0 Å². The topological polar surface area (TPSA) is 55.5 Å². The molecule has 0 saturated heterocycles. The van der Waals surface area contributed by atoms with Crippen molar-refractivity contribution >= 4 is 55.9 Å². The van der Waals surface area contributed by atoms with Crippen molar-refractivity contribution in [2.45, 2.75) is 19.1 Å². The first kappa shape index (κ1) is 20.7. The molecule has 2 aromatic rings. The van der Waals surface area contributed by atoms with E-state index in [-0.39, 0.29) is 25.1 Å². The second-order valence-corrected chi connectivity index (χ2v) is 6.93. The van der Waals surface area contributed by atoms with Gasteiger partial charge in [-0.05, 0) is 62.0 Å². The normalized spacial score (nSPS) is 11.7. The third-order valence-electron chi connectivity index (χ3n) is 3.22. The van der Waals surface area contributed by atoms with Crippen LogP contribution in [-0.4, -0.2) is 11.7 Å². The highest BCUT2D eigenvalue weighted by Gasteiger charge is 2.13. The van der Waals surface area contributed by atoms with Gasteiger partial charge in [-0.2, -0.15) is 0 Å². The van der Waals surface area contributed by atoms with Gasteiger partial charge in [-0.3, -0.25) is 0 Å². The van der Waals surface area contributed by atoms with E-state index in [9.17, 15) is 0 Å². The van der Waals surface area contributed by atoms with Gasteiger partial charge in [-0.1, -0.05) is 29.8 Å².